The first-order chi connectivity index (χ1) is 11.1. The predicted octanol–water partition coefficient (Wildman–Crippen LogP) is 7.86. The van der Waals surface area contributed by atoms with Crippen molar-refractivity contribution in [2.75, 3.05) is 0 Å². The van der Waals surface area contributed by atoms with Crippen molar-refractivity contribution in [1.82, 2.24) is 0 Å². The molecule has 4 aliphatic carbocycles. The van der Waals surface area contributed by atoms with Gasteiger partial charge in [0, 0.05) is 0 Å². The maximum absolute atomic E-state index is 2.70. The first kappa shape index (κ1) is 19.3. The van der Waals surface area contributed by atoms with Crippen LogP contribution >= 0.6 is 0 Å². The first-order valence-electron chi connectivity index (χ1n) is 11.1. The van der Waals surface area contributed by atoms with Gasteiger partial charge in [0.25, 0.3) is 0 Å². The first-order valence-corrected chi connectivity index (χ1v) is 11.1. The van der Waals surface area contributed by atoms with Crippen LogP contribution in [-0.4, -0.2) is 0 Å². The van der Waals surface area contributed by atoms with E-state index in [1.807, 2.05) is 27.7 Å². The number of rotatable bonds is 0. The summed E-state index contributed by atoms with van der Waals surface area (Å²) < 4.78 is 0. The van der Waals surface area contributed by atoms with Crippen molar-refractivity contribution in [2.45, 2.75) is 112 Å². The van der Waals surface area contributed by atoms with Gasteiger partial charge in [0.15, 0.2) is 0 Å². The van der Waals surface area contributed by atoms with E-state index in [4.69, 9.17) is 0 Å². The second-order valence-corrected chi connectivity index (χ2v) is 8.99. The summed E-state index contributed by atoms with van der Waals surface area (Å²) in [5, 5.41) is 0. The molecule has 0 radical (unpaired) electrons. The van der Waals surface area contributed by atoms with Crippen molar-refractivity contribution >= 4 is 0 Å². The van der Waals surface area contributed by atoms with Crippen LogP contribution in [0.2, 0.25) is 0 Å². The molecule has 0 aromatic heterocycles. The van der Waals surface area contributed by atoms with Crippen LogP contribution in [0.3, 0.4) is 0 Å². The van der Waals surface area contributed by atoms with E-state index in [0.29, 0.717) is 0 Å². The highest BCUT2D eigenvalue weighted by atomic mass is 14.6. The minimum atomic E-state index is 0.741. The minimum Gasteiger partial charge on any atom is -0.0683 e. The Balaban J connectivity index is 0.000000448. The lowest BCUT2D eigenvalue weighted by Gasteiger charge is -2.60. The van der Waals surface area contributed by atoms with Gasteiger partial charge >= 0.3 is 0 Å². The van der Waals surface area contributed by atoms with E-state index in [1.165, 1.54) is 19.3 Å². The van der Waals surface area contributed by atoms with E-state index in [2.05, 4.69) is 13.8 Å². The molecule has 0 saturated heterocycles. The summed E-state index contributed by atoms with van der Waals surface area (Å²) >= 11 is 0. The van der Waals surface area contributed by atoms with Crippen LogP contribution in [0.15, 0.2) is 0 Å². The van der Waals surface area contributed by atoms with Crippen molar-refractivity contribution in [1.29, 1.82) is 0 Å². The van der Waals surface area contributed by atoms with Gasteiger partial charge < -0.3 is 0 Å². The highest BCUT2D eigenvalue weighted by Gasteiger charge is 2.56. The molecule has 0 N–H and O–H groups in total. The summed E-state index contributed by atoms with van der Waals surface area (Å²) in [6, 6.07) is 0. The Morgan fingerprint density at radius 3 is 2.09 bits per heavy atom. The Morgan fingerprint density at radius 2 is 1.35 bits per heavy atom. The van der Waals surface area contributed by atoms with Crippen molar-refractivity contribution in [3.8, 4) is 0 Å². The van der Waals surface area contributed by atoms with Crippen LogP contribution in [0, 0.1) is 34.5 Å². The molecule has 6 unspecified atom stereocenters. The molecule has 4 saturated carbocycles. The molecule has 4 aliphatic rings. The van der Waals surface area contributed by atoms with Gasteiger partial charge in [-0.2, -0.15) is 0 Å². The second-order valence-electron chi connectivity index (χ2n) is 8.99. The molecule has 0 amide bonds. The molecule has 4 fully saturated rings. The quantitative estimate of drug-likeness (QED) is 0.426. The lowest BCUT2D eigenvalue weighted by Crippen LogP contribution is -2.51. The molecule has 0 aliphatic heterocycles. The summed E-state index contributed by atoms with van der Waals surface area (Å²) in [5.41, 5.74) is 1.49. The Hall–Kier alpha value is 0. The summed E-state index contributed by atoms with van der Waals surface area (Å²) in [6.07, 6.45) is 17.1. The van der Waals surface area contributed by atoms with Crippen LogP contribution in [0.4, 0.5) is 0 Å². The molecule has 0 heterocycles. The standard InChI is InChI=1S/C19H32.2C2H6/c1-18-11-5-7-16(18)15-9-8-14-6-3-4-12-19(14,2)17(15)10-13-18;2*1-2/h14-17H,3-13H2,1-2H3;2*1-2H3. The summed E-state index contributed by atoms with van der Waals surface area (Å²) in [7, 11) is 0. The fourth-order valence-corrected chi connectivity index (χ4v) is 7.29. The van der Waals surface area contributed by atoms with Crippen LogP contribution in [0.25, 0.3) is 0 Å². The summed E-state index contributed by atoms with van der Waals surface area (Å²) in [4.78, 5) is 0. The average molecular weight is 321 g/mol. The Labute approximate surface area is 147 Å². The average Bonchev–Trinajstić information content (AvgIpc) is 3.00. The van der Waals surface area contributed by atoms with Gasteiger partial charge in [-0.15, -0.1) is 0 Å². The van der Waals surface area contributed by atoms with Crippen LogP contribution in [-0.2, 0) is 0 Å². The Bertz CT molecular complexity index is 359. The molecular formula is C23H44. The maximum Gasteiger partial charge on any atom is -0.0266 e. The monoisotopic (exact) mass is 320 g/mol. The fourth-order valence-electron chi connectivity index (χ4n) is 7.29. The zero-order valence-electron chi connectivity index (χ0n) is 17.1. The normalized spacial score (nSPS) is 47.7. The number of hydrogen-bond acceptors (Lipinski definition) is 0. The molecule has 0 aromatic carbocycles. The fraction of sp³-hybridized carbons (Fsp3) is 1.00. The van der Waals surface area contributed by atoms with Gasteiger partial charge in [0.1, 0.15) is 0 Å². The smallest absolute Gasteiger partial charge is 0.0266 e. The summed E-state index contributed by atoms with van der Waals surface area (Å²) in [5.74, 6) is 4.41. The summed E-state index contributed by atoms with van der Waals surface area (Å²) in [6.45, 7) is 13.3. The van der Waals surface area contributed by atoms with Crippen molar-refractivity contribution in [3.63, 3.8) is 0 Å². The lowest BCUT2D eigenvalue weighted by atomic mass is 9.45. The van der Waals surface area contributed by atoms with Gasteiger partial charge in [-0.05, 0) is 85.9 Å². The molecular weight excluding hydrogens is 276 g/mol. The van der Waals surface area contributed by atoms with E-state index in [1.54, 1.807) is 51.4 Å². The zero-order chi connectivity index (χ0) is 17.1. The third kappa shape index (κ3) is 3.25. The molecule has 136 valence electrons. The maximum atomic E-state index is 2.70. The largest absolute Gasteiger partial charge is 0.0683 e. The molecule has 6 atom stereocenters. The minimum absolute atomic E-state index is 0.741. The third-order valence-electron chi connectivity index (χ3n) is 8.36. The lowest BCUT2D eigenvalue weighted by molar-refractivity contribution is -0.103. The van der Waals surface area contributed by atoms with E-state index in [9.17, 15) is 0 Å². The molecule has 0 heteroatoms. The Kier molecular flexibility index (Phi) is 6.66. The van der Waals surface area contributed by atoms with Crippen LogP contribution < -0.4 is 0 Å². The van der Waals surface area contributed by atoms with Crippen LogP contribution in [0.5, 0.6) is 0 Å². The Morgan fingerprint density at radius 1 is 0.609 bits per heavy atom. The van der Waals surface area contributed by atoms with Gasteiger partial charge in [-0.25, -0.2) is 0 Å². The third-order valence-corrected chi connectivity index (χ3v) is 8.36. The highest BCUT2D eigenvalue weighted by Crippen LogP contribution is 2.66. The van der Waals surface area contributed by atoms with E-state index in [-0.39, 0.29) is 0 Å². The number of fused-ring (bicyclic) bond motifs is 5. The molecule has 4 rings (SSSR count). The van der Waals surface area contributed by atoms with Crippen LogP contribution in [0.1, 0.15) is 112 Å². The second kappa shape index (κ2) is 7.92. The van der Waals surface area contributed by atoms with Crippen molar-refractivity contribution < 1.29 is 0 Å². The van der Waals surface area contributed by atoms with Gasteiger partial charge in [-0.3, -0.25) is 0 Å². The van der Waals surface area contributed by atoms with Crippen molar-refractivity contribution in [2.24, 2.45) is 34.5 Å². The molecule has 0 nitrogen and oxygen atoms in total. The van der Waals surface area contributed by atoms with Gasteiger partial charge in [0.2, 0.25) is 0 Å². The molecule has 0 spiro atoms. The van der Waals surface area contributed by atoms with Gasteiger partial charge in [0.05, 0.1) is 0 Å². The molecule has 0 aromatic rings. The molecule has 0 bridgehead atoms. The number of hydrogen-bond donors (Lipinski definition) is 0. The van der Waals surface area contributed by atoms with E-state index >= 15 is 0 Å². The van der Waals surface area contributed by atoms with E-state index < -0.39 is 0 Å². The van der Waals surface area contributed by atoms with Gasteiger partial charge in [-0.1, -0.05) is 60.8 Å². The highest BCUT2D eigenvalue weighted by molar-refractivity contribution is 5.06. The zero-order valence-corrected chi connectivity index (χ0v) is 17.1. The van der Waals surface area contributed by atoms with E-state index in [0.717, 1.165) is 34.5 Å². The SMILES string of the molecule is CC.CC.CC12CCCC1C1CCC3CCCCC3(C)C1CC2. The topological polar surface area (TPSA) is 0 Å². The van der Waals surface area contributed by atoms with Crippen molar-refractivity contribution in [3.05, 3.63) is 0 Å². The molecule has 23 heavy (non-hydrogen) atoms. The predicted molar refractivity (Wildman–Crippen MR) is 104 cm³/mol.